The van der Waals surface area contributed by atoms with Crippen LogP contribution in [-0.2, 0) is 11.3 Å². The molecule has 1 aliphatic heterocycles. The SMILES string of the molecule is CCC(C)(C)NC(=O)CSc1nnc(CN2CCCCC2)n1-c1ccc(F)cc1. The van der Waals surface area contributed by atoms with Crippen molar-refractivity contribution in [1.29, 1.82) is 0 Å². The number of halogens is 1. The zero-order valence-electron chi connectivity index (χ0n) is 17.4. The number of hydrogen-bond acceptors (Lipinski definition) is 5. The lowest BCUT2D eigenvalue weighted by Crippen LogP contribution is -2.43. The fraction of sp³-hybridized carbons (Fsp3) is 0.571. The van der Waals surface area contributed by atoms with Gasteiger partial charge in [0.2, 0.25) is 5.91 Å². The quantitative estimate of drug-likeness (QED) is 0.660. The Morgan fingerprint density at radius 3 is 2.52 bits per heavy atom. The van der Waals surface area contributed by atoms with Crippen LogP contribution in [0, 0.1) is 5.82 Å². The zero-order chi connectivity index (χ0) is 20.9. The third kappa shape index (κ3) is 6.02. The second-order valence-electron chi connectivity index (χ2n) is 8.12. The highest BCUT2D eigenvalue weighted by Gasteiger charge is 2.21. The molecule has 2 heterocycles. The van der Waals surface area contributed by atoms with E-state index in [1.54, 1.807) is 12.1 Å². The molecule has 29 heavy (non-hydrogen) atoms. The summed E-state index contributed by atoms with van der Waals surface area (Å²) >= 11 is 1.35. The van der Waals surface area contributed by atoms with Crippen molar-refractivity contribution >= 4 is 17.7 Å². The van der Waals surface area contributed by atoms with Crippen molar-refractivity contribution in [3.8, 4) is 5.69 Å². The van der Waals surface area contributed by atoms with E-state index in [1.807, 2.05) is 25.3 Å². The molecule has 0 bridgehead atoms. The number of hydrogen-bond donors (Lipinski definition) is 1. The first kappa shape index (κ1) is 21.8. The number of piperidine rings is 1. The molecule has 0 unspecified atom stereocenters. The van der Waals surface area contributed by atoms with Gasteiger partial charge in [-0.1, -0.05) is 25.1 Å². The van der Waals surface area contributed by atoms with E-state index in [0.29, 0.717) is 11.7 Å². The normalized spacial score (nSPS) is 15.4. The Morgan fingerprint density at radius 1 is 1.17 bits per heavy atom. The molecule has 1 N–H and O–H groups in total. The standard InChI is InChI=1S/C21H30FN5OS/c1-4-21(2,3)23-19(28)15-29-20-25-24-18(14-26-12-6-5-7-13-26)27(20)17-10-8-16(22)9-11-17/h8-11H,4-7,12-15H2,1-3H3,(H,23,28). The molecule has 1 fully saturated rings. The molecule has 1 saturated heterocycles. The number of aromatic nitrogens is 3. The average Bonchev–Trinajstić information content (AvgIpc) is 3.10. The second-order valence-corrected chi connectivity index (χ2v) is 9.06. The van der Waals surface area contributed by atoms with Crippen LogP contribution in [0.5, 0.6) is 0 Å². The van der Waals surface area contributed by atoms with E-state index in [2.05, 4.69) is 20.4 Å². The number of benzene rings is 1. The van der Waals surface area contributed by atoms with Crippen LogP contribution in [0.4, 0.5) is 4.39 Å². The van der Waals surface area contributed by atoms with Crippen LogP contribution in [0.2, 0.25) is 0 Å². The van der Waals surface area contributed by atoms with E-state index < -0.39 is 0 Å². The summed E-state index contributed by atoms with van der Waals surface area (Å²) in [5, 5.41) is 12.4. The van der Waals surface area contributed by atoms with Crippen LogP contribution < -0.4 is 5.32 Å². The summed E-state index contributed by atoms with van der Waals surface area (Å²) in [5.41, 5.74) is 0.571. The van der Waals surface area contributed by atoms with Crippen LogP contribution in [0.3, 0.4) is 0 Å². The number of likely N-dealkylation sites (tertiary alicyclic amines) is 1. The van der Waals surface area contributed by atoms with Crippen molar-refractivity contribution < 1.29 is 9.18 Å². The lowest BCUT2D eigenvalue weighted by atomic mass is 10.0. The number of carbonyl (C=O) groups is 1. The minimum absolute atomic E-state index is 0.0342. The van der Waals surface area contributed by atoms with Crippen molar-refractivity contribution in [3.63, 3.8) is 0 Å². The fourth-order valence-corrected chi connectivity index (χ4v) is 4.07. The Balaban J connectivity index is 1.78. The molecule has 3 rings (SSSR count). The molecular formula is C21H30FN5OS. The number of thioether (sulfide) groups is 1. The van der Waals surface area contributed by atoms with Gasteiger partial charge in [0.15, 0.2) is 11.0 Å². The minimum Gasteiger partial charge on any atom is -0.351 e. The smallest absolute Gasteiger partial charge is 0.230 e. The average molecular weight is 420 g/mol. The summed E-state index contributed by atoms with van der Waals surface area (Å²) in [4.78, 5) is 14.7. The minimum atomic E-state index is -0.283. The summed E-state index contributed by atoms with van der Waals surface area (Å²) in [5.74, 6) is 0.755. The van der Waals surface area contributed by atoms with Crippen molar-refractivity contribution in [1.82, 2.24) is 25.0 Å². The van der Waals surface area contributed by atoms with Crippen LogP contribution >= 0.6 is 11.8 Å². The third-order valence-electron chi connectivity index (χ3n) is 5.29. The number of nitrogens with zero attached hydrogens (tertiary/aromatic N) is 4. The molecule has 0 radical (unpaired) electrons. The maximum atomic E-state index is 13.4. The van der Waals surface area contributed by atoms with Gasteiger partial charge in [0.25, 0.3) is 0 Å². The number of carbonyl (C=O) groups excluding carboxylic acids is 1. The summed E-state index contributed by atoms with van der Waals surface area (Å²) in [6.45, 7) is 8.85. The molecule has 6 nitrogen and oxygen atoms in total. The maximum absolute atomic E-state index is 13.4. The molecule has 8 heteroatoms. The second kappa shape index (κ2) is 9.71. The lowest BCUT2D eigenvalue weighted by molar-refractivity contribution is -0.120. The van der Waals surface area contributed by atoms with Crippen molar-refractivity contribution in [2.75, 3.05) is 18.8 Å². The van der Waals surface area contributed by atoms with Gasteiger partial charge in [-0.3, -0.25) is 14.3 Å². The van der Waals surface area contributed by atoms with E-state index in [0.717, 1.165) is 31.0 Å². The third-order valence-corrected chi connectivity index (χ3v) is 6.22. The van der Waals surface area contributed by atoms with Crippen molar-refractivity contribution in [2.45, 2.75) is 63.7 Å². The highest BCUT2D eigenvalue weighted by molar-refractivity contribution is 7.99. The Labute approximate surface area is 176 Å². The van der Waals surface area contributed by atoms with Crippen LogP contribution in [0.25, 0.3) is 5.69 Å². The molecule has 1 aromatic carbocycles. The van der Waals surface area contributed by atoms with Gasteiger partial charge in [-0.15, -0.1) is 10.2 Å². The van der Waals surface area contributed by atoms with Gasteiger partial charge in [-0.25, -0.2) is 4.39 Å². The first-order valence-electron chi connectivity index (χ1n) is 10.2. The van der Waals surface area contributed by atoms with Crippen LogP contribution in [0.15, 0.2) is 29.4 Å². The van der Waals surface area contributed by atoms with Gasteiger partial charge < -0.3 is 5.32 Å². The molecule has 1 amide bonds. The van der Waals surface area contributed by atoms with Crippen LogP contribution in [-0.4, -0.2) is 50.0 Å². The number of rotatable bonds is 8. The summed E-state index contributed by atoms with van der Waals surface area (Å²) in [7, 11) is 0. The van der Waals surface area contributed by atoms with Gasteiger partial charge in [0, 0.05) is 11.2 Å². The number of amides is 1. The Bertz CT molecular complexity index is 815. The monoisotopic (exact) mass is 419 g/mol. The predicted molar refractivity (Wildman–Crippen MR) is 114 cm³/mol. The molecular weight excluding hydrogens is 389 g/mol. The molecule has 0 saturated carbocycles. The zero-order valence-corrected chi connectivity index (χ0v) is 18.3. The Hall–Kier alpha value is -1.93. The van der Waals surface area contributed by atoms with E-state index >= 15 is 0 Å². The number of nitrogens with one attached hydrogen (secondary N) is 1. The van der Waals surface area contributed by atoms with E-state index in [9.17, 15) is 9.18 Å². The van der Waals surface area contributed by atoms with Crippen molar-refractivity contribution in [3.05, 3.63) is 35.9 Å². The summed E-state index contributed by atoms with van der Waals surface area (Å²) in [6.07, 6.45) is 4.51. The highest BCUT2D eigenvalue weighted by Crippen LogP contribution is 2.24. The molecule has 0 atom stereocenters. The Kier molecular flexibility index (Phi) is 7.29. The van der Waals surface area contributed by atoms with Gasteiger partial charge >= 0.3 is 0 Å². The summed E-state index contributed by atoms with van der Waals surface area (Å²) in [6, 6.07) is 6.32. The van der Waals surface area contributed by atoms with Gasteiger partial charge in [0.05, 0.1) is 12.3 Å². The first-order chi connectivity index (χ1) is 13.9. The van der Waals surface area contributed by atoms with Crippen LogP contribution in [0.1, 0.15) is 52.3 Å². The molecule has 0 spiro atoms. The molecule has 1 aromatic heterocycles. The topological polar surface area (TPSA) is 63.1 Å². The fourth-order valence-electron chi connectivity index (χ4n) is 3.30. The Morgan fingerprint density at radius 2 is 1.86 bits per heavy atom. The van der Waals surface area contributed by atoms with Crippen molar-refractivity contribution in [2.24, 2.45) is 0 Å². The van der Waals surface area contributed by atoms with E-state index in [4.69, 9.17) is 0 Å². The predicted octanol–water partition coefficient (Wildman–Crippen LogP) is 3.79. The summed E-state index contributed by atoms with van der Waals surface area (Å²) < 4.78 is 15.4. The highest BCUT2D eigenvalue weighted by atomic mass is 32.2. The lowest BCUT2D eigenvalue weighted by Gasteiger charge is -2.26. The maximum Gasteiger partial charge on any atom is 0.230 e. The molecule has 1 aliphatic rings. The first-order valence-corrected chi connectivity index (χ1v) is 11.2. The molecule has 158 valence electrons. The van der Waals surface area contributed by atoms with E-state index in [-0.39, 0.29) is 23.0 Å². The molecule has 2 aromatic rings. The van der Waals surface area contributed by atoms with Gasteiger partial charge in [-0.2, -0.15) is 0 Å². The molecule has 0 aliphatic carbocycles. The van der Waals surface area contributed by atoms with E-state index in [1.165, 1.54) is 43.2 Å². The van der Waals surface area contributed by atoms with Gasteiger partial charge in [0.1, 0.15) is 5.82 Å². The van der Waals surface area contributed by atoms with Gasteiger partial charge in [-0.05, 0) is 70.5 Å². The largest absolute Gasteiger partial charge is 0.351 e.